The van der Waals surface area contributed by atoms with Gasteiger partial charge in [-0.1, -0.05) is 30.7 Å². The average molecular weight is 278 g/mol. The second-order valence-corrected chi connectivity index (χ2v) is 5.25. The molecule has 1 aromatic heterocycles. The first kappa shape index (κ1) is 14.2. The molecule has 0 aliphatic carbocycles. The Bertz CT molecular complexity index is 464. The molecule has 19 heavy (non-hydrogen) atoms. The fourth-order valence-electron chi connectivity index (χ4n) is 2.16. The largest absolute Gasteiger partial charge is 0.472 e. The van der Waals surface area contributed by atoms with Crippen molar-refractivity contribution in [2.45, 2.75) is 32.2 Å². The van der Waals surface area contributed by atoms with E-state index in [4.69, 9.17) is 16.0 Å². The summed E-state index contributed by atoms with van der Waals surface area (Å²) in [6, 6.07) is 10.6. The van der Waals surface area contributed by atoms with Crippen LogP contribution in [0.5, 0.6) is 0 Å². The Balaban J connectivity index is 1.98. The summed E-state index contributed by atoms with van der Waals surface area (Å²) < 4.78 is 5.14. The molecule has 3 heteroatoms. The van der Waals surface area contributed by atoms with Gasteiger partial charge in [-0.25, -0.2) is 0 Å². The smallest absolute Gasteiger partial charge is 0.0935 e. The van der Waals surface area contributed by atoms with Crippen molar-refractivity contribution < 1.29 is 4.42 Å². The lowest BCUT2D eigenvalue weighted by molar-refractivity contribution is 0.499. The summed E-state index contributed by atoms with van der Waals surface area (Å²) in [5, 5.41) is 4.38. The van der Waals surface area contributed by atoms with E-state index >= 15 is 0 Å². The van der Waals surface area contributed by atoms with Crippen molar-refractivity contribution in [1.82, 2.24) is 5.32 Å². The second-order valence-electron chi connectivity index (χ2n) is 4.82. The molecule has 1 unspecified atom stereocenters. The van der Waals surface area contributed by atoms with E-state index in [1.165, 1.54) is 11.1 Å². The number of nitrogens with one attached hydrogen (secondary N) is 1. The molecular weight excluding hydrogens is 258 g/mol. The molecule has 2 aromatic rings. The van der Waals surface area contributed by atoms with Crippen LogP contribution in [-0.2, 0) is 12.8 Å². The van der Waals surface area contributed by atoms with Gasteiger partial charge in [0.1, 0.15) is 0 Å². The summed E-state index contributed by atoms with van der Waals surface area (Å²) in [6.45, 7) is 3.22. The fraction of sp³-hybridized carbons (Fsp3) is 0.375. The van der Waals surface area contributed by atoms with Gasteiger partial charge in [0.2, 0.25) is 0 Å². The van der Waals surface area contributed by atoms with E-state index in [0.717, 1.165) is 30.8 Å². The first-order valence-electron chi connectivity index (χ1n) is 6.77. The van der Waals surface area contributed by atoms with Gasteiger partial charge >= 0.3 is 0 Å². The summed E-state index contributed by atoms with van der Waals surface area (Å²) in [4.78, 5) is 0. The van der Waals surface area contributed by atoms with Crippen molar-refractivity contribution in [3.63, 3.8) is 0 Å². The van der Waals surface area contributed by atoms with Gasteiger partial charge in [-0.2, -0.15) is 0 Å². The van der Waals surface area contributed by atoms with Crippen LogP contribution >= 0.6 is 11.6 Å². The zero-order chi connectivity index (χ0) is 13.5. The zero-order valence-corrected chi connectivity index (χ0v) is 12.0. The predicted octanol–water partition coefficient (Wildman–Crippen LogP) is 4.09. The highest BCUT2D eigenvalue weighted by atomic mass is 35.5. The van der Waals surface area contributed by atoms with Crippen molar-refractivity contribution in [2.24, 2.45) is 0 Å². The molecule has 0 bridgehead atoms. The number of rotatable bonds is 7. The zero-order valence-electron chi connectivity index (χ0n) is 11.2. The van der Waals surface area contributed by atoms with E-state index in [1.807, 2.05) is 24.5 Å². The molecule has 1 atom stereocenters. The molecule has 0 aliphatic heterocycles. The van der Waals surface area contributed by atoms with E-state index in [-0.39, 0.29) is 0 Å². The molecule has 2 nitrogen and oxygen atoms in total. The van der Waals surface area contributed by atoms with Crippen LogP contribution in [-0.4, -0.2) is 12.6 Å². The number of benzene rings is 1. The van der Waals surface area contributed by atoms with E-state index in [2.05, 4.69) is 24.4 Å². The summed E-state index contributed by atoms with van der Waals surface area (Å²) >= 11 is 5.92. The molecule has 0 saturated carbocycles. The average Bonchev–Trinajstić information content (AvgIpc) is 2.91. The monoisotopic (exact) mass is 277 g/mol. The van der Waals surface area contributed by atoms with Crippen LogP contribution in [0.4, 0.5) is 0 Å². The molecule has 0 amide bonds. The van der Waals surface area contributed by atoms with Crippen LogP contribution in [0.1, 0.15) is 24.5 Å². The third-order valence-electron chi connectivity index (χ3n) is 3.14. The predicted molar refractivity (Wildman–Crippen MR) is 79.6 cm³/mol. The number of hydrogen-bond acceptors (Lipinski definition) is 2. The quantitative estimate of drug-likeness (QED) is 0.825. The van der Waals surface area contributed by atoms with Gasteiger partial charge < -0.3 is 9.73 Å². The van der Waals surface area contributed by atoms with E-state index in [0.29, 0.717) is 6.04 Å². The first-order valence-corrected chi connectivity index (χ1v) is 7.14. The molecule has 1 N–H and O–H groups in total. The molecule has 0 fully saturated rings. The third-order valence-corrected chi connectivity index (χ3v) is 3.39. The van der Waals surface area contributed by atoms with E-state index in [9.17, 15) is 0 Å². The first-order chi connectivity index (χ1) is 9.28. The maximum Gasteiger partial charge on any atom is 0.0935 e. The maximum absolute atomic E-state index is 5.92. The van der Waals surface area contributed by atoms with Crippen molar-refractivity contribution >= 4 is 11.6 Å². The van der Waals surface area contributed by atoms with E-state index in [1.54, 1.807) is 6.26 Å². The van der Waals surface area contributed by atoms with Gasteiger partial charge in [0.05, 0.1) is 12.5 Å². The SMILES string of the molecule is CCCNC(Cc1ccc(Cl)cc1)Cc1ccoc1. The Labute approximate surface area is 119 Å². The lowest BCUT2D eigenvalue weighted by Gasteiger charge is -2.18. The molecule has 1 heterocycles. The minimum atomic E-state index is 0.429. The minimum Gasteiger partial charge on any atom is -0.472 e. The molecule has 0 radical (unpaired) electrons. The molecule has 1 aromatic carbocycles. The van der Waals surface area contributed by atoms with E-state index < -0.39 is 0 Å². The number of halogens is 1. The van der Waals surface area contributed by atoms with Crippen LogP contribution in [0.3, 0.4) is 0 Å². The van der Waals surface area contributed by atoms with Crippen LogP contribution in [0.2, 0.25) is 5.02 Å². The van der Waals surface area contributed by atoms with Gasteiger partial charge in [-0.05, 0) is 55.1 Å². The Morgan fingerprint density at radius 3 is 2.47 bits per heavy atom. The summed E-state index contributed by atoms with van der Waals surface area (Å²) in [5.74, 6) is 0. The Morgan fingerprint density at radius 2 is 1.84 bits per heavy atom. The van der Waals surface area contributed by atoms with Crippen LogP contribution < -0.4 is 5.32 Å². The molecule has 2 rings (SSSR count). The summed E-state index contributed by atoms with van der Waals surface area (Å²) in [6.07, 6.45) is 6.68. The number of hydrogen-bond donors (Lipinski definition) is 1. The topological polar surface area (TPSA) is 25.2 Å². The van der Waals surface area contributed by atoms with Gasteiger partial charge in [-0.15, -0.1) is 0 Å². The lowest BCUT2D eigenvalue weighted by Crippen LogP contribution is -2.33. The van der Waals surface area contributed by atoms with Gasteiger partial charge in [-0.3, -0.25) is 0 Å². The Hall–Kier alpha value is -1.25. The van der Waals surface area contributed by atoms with Crippen LogP contribution in [0.25, 0.3) is 0 Å². The Morgan fingerprint density at radius 1 is 1.11 bits per heavy atom. The minimum absolute atomic E-state index is 0.429. The van der Waals surface area contributed by atoms with Gasteiger partial charge in [0, 0.05) is 11.1 Å². The Kier molecular flexibility index (Phi) is 5.49. The van der Waals surface area contributed by atoms with Crippen molar-refractivity contribution in [2.75, 3.05) is 6.54 Å². The summed E-state index contributed by atoms with van der Waals surface area (Å²) in [7, 11) is 0. The van der Waals surface area contributed by atoms with Gasteiger partial charge in [0.25, 0.3) is 0 Å². The normalized spacial score (nSPS) is 12.5. The second kappa shape index (κ2) is 7.37. The van der Waals surface area contributed by atoms with Crippen molar-refractivity contribution in [1.29, 1.82) is 0 Å². The van der Waals surface area contributed by atoms with Crippen molar-refractivity contribution in [3.8, 4) is 0 Å². The number of furan rings is 1. The molecular formula is C16H20ClNO. The third kappa shape index (κ3) is 4.73. The molecule has 0 saturated heterocycles. The standard InChI is InChI=1S/C16H20ClNO/c1-2-8-18-16(11-14-7-9-19-12-14)10-13-3-5-15(17)6-4-13/h3-7,9,12,16,18H,2,8,10-11H2,1H3. The molecule has 102 valence electrons. The maximum atomic E-state index is 5.92. The highest BCUT2D eigenvalue weighted by molar-refractivity contribution is 6.30. The summed E-state index contributed by atoms with van der Waals surface area (Å²) in [5.41, 5.74) is 2.55. The van der Waals surface area contributed by atoms with Crippen molar-refractivity contribution in [3.05, 3.63) is 59.0 Å². The highest BCUT2D eigenvalue weighted by Gasteiger charge is 2.10. The van der Waals surface area contributed by atoms with Crippen LogP contribution in [0.15, 0.2) is 47.3 Å². The lowest BCUT2D eigenvalue weighted by atomic mass is 10.0. The fourth-order valence-corrected chi connectivity index (χ4v) is 2.29. The highest BCUT2D eigenvalue weighted by Crippen LogP contribution is 2.13. The molecule has 0 aliphatic rings. The van der Waals surface area contributed by atoms with Crippen LogP contribution in [0, 0.1) is 0 Å². The molecule has 0 spiro atoms. The van der Waals surface area contributed by atoms with Gasteiger partial charge in [0.15, 0.2) is 0 Å².